The van der Waals surface area contributed by atoms with Crippen molar-refractivity contribution in [3.63, 3.8) is 0 Å². The summed E-state index contributed by atoms with van der Waals surface area (Å²) in [6, 6.07) is 15.7. The number of rotatable bonds is 6. The summed E-state index contributed by atoms with van der Waals surface area (Å²) < 4.78 is 5.21. The lowest BCUT2D eigenvalue weighted by Gasteiger charge is -2.19. The monoisotopic (exact) mass is 408 g/mol. The molecule has 0 aromatic heterocycles. The molecule has 1 atom stereocenters. The zero-order valence-corrected chi connectivity index (χ0v) is 18.4. The van der Waals surface area contributed by atoms with Gasteiger partial charge in [0.2, 0.25) is 5.91 Å². The molecule has 2 aromatic rings. The minimum absolute atomic E-state index is 0.0564. The second-order valence-corrected chi connectivity index (χ2v) is 8.93. The van der Waals surface area contributed by atoms with Crippen molar-refractivity contribution in [2.24, 2.45) is 0 Å². The van der Waals surface area contributed by atoms with Crippen molar-refractivity contribution < 1.29 is 14.3 Å². The van der Waals surface area contributed by atoms with Crippen LogP contribution in [0.4, 0.5) is 0 Å². The number of hydrogen-bond acceptors (Lipinski definition) is 3. The summed E-state index contributed by atoms with van der Waals surface area (Å²) in [4.78, 5) is 26.8. The molecule has 1 aliphatic rings. The second kappa shape index (κ2) is 9.33. The average Bonchev–Trinajstić information content (AvgIpc) is 3.23. The van der Waals surface area contributed by atoms with Gasteiger partial charge in [-0.25, -0.2) is 0 Å². The van der Waals surface area contributed by atoms with E-state index in [1.807, 2.05) is 41.3 Å². The van der Waals surface area contributed by atoms with Gasteiger partial charge in [0.25, 0.3) is 5.91 Å². The van der Waals surface area contributed by atoms with Crippen molar-refractivity contribution in [3.8, 4) is 5.75 Å². The Hall–Kier alpha value is -2.82. The maximum Gasteiger partial charge on any atom is 0.251 e. The first-order valence-electron chi connectivity index (χ1n) is 10.6. The van der Waals surface area contributed by atoms with Crippen LogP contribution in [0.15, 0.2) is 48.5 Å². The lowest BCUT2D eigenvalue weighted by Crippen LogP contribution is -2.33. The second-order valence-electron chi connectivity index (χ2n) is 8.93. The number of nitrogens with one attached hydrogen (secondary N) is 1. The van der Waals surface area contributed by atoms with Gasteiger partial charge in [-0.15, -0.1) is 0 Å². The summed E-state index contributed by atoms with van der Waals surface area (Å²) in [6.07, 6.45) is 1.28. The van der Waals surface area contributed by atoms with Crippen LogP contribution < -0.4 is 10.1 Å². The molecule has 3 rings (SSSR count). The molecule has 1 N–H and O–H groups in total. The highest BCUT2D eigenvalue weighted by atomic mass is 16.5. The first-order chi connectivity index (χ1) is 14.3. The van der Waals surface area contributed by atoms with E-state index in [4.69, 9.17) is 4.74 Å². The topological polar surface area (TPSA) is 58.6 Å². The molecule has 30 heavy (non-hydrogen) atoms. The number of amides is 2. The minimum atomic E-state index is -0.138. The number of benzene rings is 2. The SMILES string of the molecule is COc1ccc(C2CCN(C(=O)CCNC(=O)c3ccc(C(C)(C)C)cc3)C2)cc1. The zero-order chi connectivity index (χ0) is 21.7. The normalized spacial score (nSPS) is 16.4. The molecule has 1 fully saturated rings. The molecule has 1 aliphatic heterocycles. The van der Waals surface area contributed by atoms with Gasteiger partial charge in [-0.3, -0.25) is 9.59 Å². The van der Waals surface area contributed by atoms with Crippen molar-refractivity contribution in [1.82, 2.24) is 10.2 Å². The van der Waals surface area contributed by atoms with E-state index in [0.29, 0.717) is 24.4 Å². The molecule has 2 amide bonds. The van der Waals surface area contributed by atoms with Gasteiger partial charge in [0.15, 0.2) is 0 Å². The third-order valence-electron chi connectivity index (χ3n) is 5.77. The number of nitrogens with zero attached hydrogens (tertiary/aromatic N) is 1. The van der Waals surface area contributed by atoms with Gasteiger partial charge >= 0.3 is 0 Å². The van der Waals surface area contributed by atoms with Gasteiger partial charge in [-0.1, -0.05) is 45.0 Å². The maximum atomic E-state index is 12.6. The Labute approximate surface area is 179 Å². The molecule has 0 spiro atoms. The van der Waals surface area contributed by atoms with Crippen molar-refractivity contribution >= 4 is 11.8 Å². The minimum Gasteiger partial charge on any atom is -0.497 e. The summed E-state index contributed by atoms with van der Waals surface area (Å²) >= 11 is 0. The van der Waals surface area contributed by atoms with Gasteiger partial charge < -0.3 is 15.0 Å². The Kier molecular flexibility index (Phi) is 6.80. The van der Waals surface area contributed by atoms with Gasteiger partial charge in [0.05, 0.1) is 7.11 Å². The summed E-state index contributed by atoms with van der Waals surface area (Å²) in [6.45, 7) is 8.27. The van der Waals surface area contributed by atoms with Crippen LogP contribution in [0.3, 0.4) is 0 Å². The molecule has 1 unspecified atom stereocenters. The molecular weight excluding hydrogens is 376 g/mol. The first-order valence-corrected chi connectivity index (χ1v) is 10.6. The number of carbonyl (C=O) groups excluding carboxylic acids is 2. The highest BCUT2D eigenvalue weighted by Gasteiger charge is 2.27. The van der Waals surface area contributed by atoms with Gasteiger partial charge in [0, 0.05) is 37.5 Å². The lowest BCUT2D eigenvalue weighted by molar-refractivity contribution is -0.130. The van der Waals surface area contributed by atoms with Crippen LogP contribution in [-0.4, -0.2) is 43.5 Å². The van der Waals surface area contributed by atoms with E-state index in [1.165, 1.54) is 11.1 Å². The highest BCUT2D eigenvalue weighted by molar-refractivity contribution is 5.94. The predicted octanol–water partition coefficient (Wildman–Crippen LogP) is 4.13. The van der Waals surface area contributed by atoms with Crippen molar-refractivity contribution in [3.05, 3.63) is 65.2 Å². The van der Waals surface area contributed by atoms with E-state index >= 15 is 0 Å². The molecule has 2 aromatic carbocycles. The number of methoxy groups -OCH3 is 1. The molecule has 0 radical (unpaired) electrons. The molecule has 5 heteroatoms. The molecule has 1 heterocycles. The van der Waals surface area contributed by atoms with E-state index in [-0.39, 0.29) is 17.2 Å². The summed E-state index contributed by atoms with van der Waals surface area (Å²) in [5.74, 6) is 1.15. The fourth-order valence-corrected chi connectivity index (χ4v) is 3.80. The number of hydrogen-bond donors (Lipinski definition) is 1. The van der Waals surface area contributed by atoms with E-state index in [2.05, 4.69) is 38.2 Å². The Bertz CT molecular complexity index is 867. The molecule has 0 aliphatic carbocycles. The Morgan fingerprint density at radius 3 is 2.33 bits per heavy atom. The van der Waals surface area contributed by atoms with Crippen molar-refractivity contribution in [2.45, 2.75) is 44.9 Å². The van der Waals surface area contributed by atoms with E-state index in [1.54, 1.807) is 7.11 Å². The molecule has 0 saturated carbocycles. The largest absolute Gasteiger partial charge is 0.497 e. The standard InChI is InChI=1S/C25H32N2O3/c1-25(2,3)21-9-5-19(6-10-21)24(29)26-15-13-23(28)27-16-14-20(17-27)18-7-11-22(30-4)12-8-18/h5-12,20H,13-17H2,1-4H3,(H,26,29). The zero-order valence-electron chi connectivity index (χ0n) is 18.4. The van der Waals surface area contributed by atoms with Gasteiger partial charge in [-0.2, -0.15) is 0 Å². The van der Waals surface area contributed by atoms with Gasteiger partial charge in [0.1, 0.15) is 5.75 Å². The molecule has 1 saturated heterocycles. The van der Waals surface area contributed by atoms with Crippen LogP contribution in [0.25, 0.3) is 0 Å². The van der Waals surface area contributed by atoms with Crippen LogP contribution in [0.5, 0.6) is 5.75 Å². The van der Waals surface area contributed by atoms with Crippen LogP contribution in [0, 0.1) is 0 Å². The van der Waals surface area contributed by atoms with Crippen molar-refractivity contribution in [1.29, 1.82) is 0 Å². The molecular formula is C25H32N2O3. The Morgan fingerprint density at radius 2 is 1.73 bits per heavy atom. The fraction of sp³-hybridized carbons (Fsp3) is 0.440. The van der Waals surface area contributed by atoms with Crippen LogP contribution in [0.1, 0.15) is 61.0 Å². The highest BCUT2D eigenvalue weighted by Crippen LogP contribution is 2.28. The van der Waals surface area contributed by atoms with Crippen molar-refractivity contribution in [2.75, 3.05) is 26.7 Å². The van der Waals surface area contributed by atoms with Crippen LogP contribution in [0.2, 0.25) is 0 Å². The quantitative estimate of drug-likeness (QED) is 0.782. The third kappa shape index (κ3) is 5.41. The smallest absolute Gasteiger partial charge is 0.251 e. The summed E-state index contributed by atoms with van der Waals surface area (Å²) in [5, 5.41) is 2.87. The average molecular weight is 409 g/mol. The lowest BCUT2D eigenvalue weighted by atomic mass is 9.87. The fourth-order valence-electron chi connectivity index (χ4n) is 3.80. The Morgan fingerprint density at radius 1 is 1.07 bits per heavy atom. The molecule has 0 bridgehead atoms. The maximum absolute atomic E-state index is 12.6. The van der Waals surface area contributed by atoms with Gasteiger partial charge in [-0.05, 0) is 47.2 Å². The van der Waals surface area contributed by atoms with E-state index < -0.39 is 0 Å². The van der Waals surface area contributed by atoms with E-state index in [0.717, 1.165) is 25.3 Å². The number of ether oxygens (including phenoxy) is 1. The number of carbonyl (C=O) groups is 2. The summed E-state index contributed by atoms with van der Waals surface area (Å²) in [5.41, 5.74) is 3.10. The van der Waals surface area contributed by atoms with Crippen LogP contribution in [-0.2, 0) is 10.2 Å². The number of likely N-dealkylation sites (tertiary alicyclic amines) is 1. The Balaban J connectivity index is 1.45. The predicted molar refractivity (Wildman–Crippen MR) is 119 cm³/mol. The molecule has 5 nitrogen and oxygen atoms in total. The molecule has 160 valence electrons. The first kappa shape index (κ1) is 21.9. The summed E-state index contributed by atoms with van der Waals surface area (Å²) in [7, 11) is 1.66. The van der Waals surface area contributed by atoms with E-state index in [9.17, 15) is 9.59 Å². The third-order valence-corrected chi connectivity index (χ3v) is 5.77. The van der Waals surface area contributed by atoms with Crippen LogP contribution >= 0.6 is 0 Å².